The van der Waals surface area contributed by atoms with Gasteiger partial charge < -0.3 is 11.5 Å². The van der Waals surface area contributed by atoms with E-state index in [1.54, 1.807) is 6.92 Å². The molecule has 2 unspecified atom stereocenters. The van der Waals surface area contributed by atoms with Gasteiger partial charge in [-0.15, -0.1) is 0 Å². The van der Waals surface area contributed by atoms with Gasteiger partial charge in [-0.05, 0) is 19.8 Å². The number of primary amides is 1. The number of sulfonamides is 1. The molecule has 0 spiro atoms. The summed E-state index contributed by atoms with van der Waals surface area (Å²) in [6.45, 7) is 1.88. The number of anilines is 1. The van der Waals surface area contributed by atoms with Crippen LogP contribution in [0.2, 0.25) is 0 Å². The van der Waals surface area contributed by atoms with E-state index in [0.717, 1.165) is 0 Å². The number of nitrogens with zero attached hydrogens (tertiary/aromatic N) is 2. The van der Waals surface area contributed by atoms with Crippen molar-refractivity contribution in [1.29, 1.82) is 0 Å². The molecule has 2 atom stereocenters. The number of H-pyrrole nitrogens is 1. The van der Waals surface area contributed by atoms with Gasteiger partial charge in [0.15, 0.2) is 0 Å². The SMILES string of the molecule is CC1CCC(C(N)=O)CN1S(=O)(=O)c1cn[nH]c1N. The van der Waals surface area contributed by atoms with E-state index in [9.17, 15) is 13.2 Å². The summed E-state index contributed by atoms with van der Waals surface area (Å²) in [4.78, 5) is 11.2. The summed E-state index contributed by atoms with van der Waals surface area (Å²) in [6, 6.07) is -0.199. The largest absolute Gasteiger partial charge is 0.383 e. The summed E-state index contributed by atoms with van der Waals surface area (Å²) < 4.78 is 26.2. The lowest BCUT2D eigenvalue weighted by Crippen LogP contribution is -2.48. The van der Waals surface area contributed by atoms with Gasteiger partial charge in [0.2, 0.25) is 15.9 Å². The fourth-order valence-electron chi connectivity index (χ4n) is 2.26. The van der Waals surface area contributed by atoms with Crippen molar-refractivity contribution >= 4 is 21.7 Å². The third-order valence-electron chi connectivity index (χ3n) is 3.45. The molecular formula is C10H17N5O3S. The standard InChI is InChI=1S/C10H17N5O3S/c1-6-2-3-7(10(12)16)5-15(6)19(17,18)8-4-13-14-9(8)11/h4,6-7H,2-3,5H2,1H3,(H2,12,16)(H3,11,13,14). The molecule has 1 aliphatic rings. The Morgan fingerprint density at radius 2 is 2.21 bits per heavy atom. The van der Waals surface area contributed by atoms with E-state index in [-0.39, 0.29) is 23.3 Å². The average molecular weight is 287 g/mol. The van der Waals surface area contributed by atoms with Gasteiger partial charge in [0.05, 0.1) is 12.1 Å². The molecule has 5 N–H and O–H groups in total. The predicted molar refractivity (Wildman–Crippen MR) is 68.3 cm³/mol. The fraction of sp³-hybridized carbons (Fsp3) is 0.600. The normalized spacial score (nSPS) is 25.3. The Balaban J connectivity index is 2.33. The molecule has 2 rings (SSSR count). The summed E-state index contributed by atoms with van der Waals surface area (Å²) in [7, 11) is -3.76. The first-order valence-electron chi connectivity index (χ1n) is 5.94. The van der Waals surface area contributed by atoms with Crippen molar-refractivity contribution in [2.24, 2.45) is 11.7 Å². The highest BCUT2D eigenvalue weighted by Gasteiger charge is 2.38. The number of hydrogen-bond donors (Lipinski definition) is 3. The zero-order valence-electron chi connectivity index (χ0n) is 10.5. The van der Waals surface area contributed by atoms with Gasteiger partial charge in [0.25, 0.3) is 0 Å². The molecule has 106 valence electrons. The number of amides is 1. The number of carbonyl (C=O) groups is 1. The highest BCUT2D eigenvalue weighted by Crippen LogP contribution is 2.29. The second-order valence-electron chi connectivity index (χ2n) is 4.75. The summed E-state index contributed by atoms with van der Waals surface area (Å²) in [5.41, 5.74) is 10.8. The van der Waals surface area contributed by atoms with Crippen LogP contribution >= 0.6 is 0 Å². The molecule has 1 saturated heterocycles. The van der Waals surface area contributed by atoms with Crippen molar-refractivity contribution < 1.29 is 13.2 Å². The van der Waals surface area contributed by atoms with E-state index < -0.39 is 21.8 Å². The van der Waals surface area contributed by atoms with Crippen LogP contribution in [-0.2, 0) is 14.8 Å². The van der Waals surface area contributed by atoms with Gasteiger partial charge in [-0.3, -0.25) is 9.89 Å². The summed E-state index contributed by atoms with van der Waals surface area (Å²) >= 11 is 0. The molecule has 1 amide bonds. The minimum absolute atomic E-state index is 0.00611. The van der Waals surface area contributed by atoms with Crippen LogP contribution < -0.4 is 11.5 Å². The van der Waals surface area contributed by atoms with E-state index in [2.05, 4.69) is 10.2 Å². The number of nitrogens with two attached hydrogens (primary N) is 2. The van der Waals surface area contributed by atoms with Crippen molar-refractivity contribution in [2.75, 3.05) is 12.3 Å². The molecule has 0 aromatic carbocycles. The first-order chi connectivity index (χ1) is 8.84. The molecule has 1 fully saturated rings. The Labute approximate surface area is 111 Å². The van der Waals surface area contributed by atoms with Crippen LogP contribution in [0.4, 0.5) is 5.82 Å². The van der Waals surface area contributed by atoms with Gasteiger partial charge in [-0.2, -0.15) is 9.40 Å². The van der Waals surface area contributed by atoms with Crippen molar-refractivity contribution in [3.05, 3.63) is 6.20 Å². The Kier molecular flexibility index (Phi) is 3.50. The molecule has 0 saturated carbocycles. The van der Waals surface area contributed by atoms with Gasteiger partial charge >= 0.3 is 0 Å². The molecule has 0 bridgehead atoms. The van der Waals surface area contributed by atoms with Crippen molar-refractivity contribution in [3.8, 4) is 0 Å². The number of aromatic amines is 1. The lowest BCUT2D eigenvalue weighted by molar-refractivity contribution is -0.123. The third-order valence-corrected chi connectivity index (χ3v) is 5.45. The lowest BCUT2D eigenvalue weighted by atomic mass is 9.95. The zero-order chi connectivity index (χ0) is 14.2. The van der Waals surface area contributed by atoms with E-state index in [1.165, 1.54) is 10.5 Å². The van der Waals surface area contributed by atoms with Gasteiger partial charge in [0, 0.05) is 12.6 Å². The Hall–Kier alpha value is -1.61. The van der Waals surface area contributed by atoms with Crippen molar-refractivity contribution in [2.45, 2.75) is 30.7 Å². The van der Waals surface area contributed by atoms with Gasteiger partial charge in [-0.1, -0.05) is 0 Å². The van der Waals surface area contributed by atoms with Crippen molar-refractivity contribution in [1.82, 2.24) is 14.5 Å². The number of piperidine rings is 1. The number of aromatic nitrogens is 2. The second kappa shape index (κ2) is 4.82. The maximum absolute atomic E-state index is 12.5. The zero-order valence-corrected chi connectivity index (χ0v) is 11.4. The molecule has 1 aliphatic heterocycles. The Morgan fingerprint density at radius 3 is 2.74 bits per heavy atom. The summed E-state index contributed by atoms with van der Waals surface area (Å²) in [5, 5.41) is 6.01. The van der Waals surface area contributed by atoms with E-state index in [1.807, 2.05) is 0 Å². The van der Waals surface area contributed by atoms with E-state index >= 15 is 0 Å². The Bertz CT molecular complexity index is 582. The highest BCUT2D eigenvalue weighted by molar-refractivity contribution is 7.89. The van der Waals surface area contributed by atoms with Crippen LogP contribution in [0.15, 0.2) is 11.1 Å². The minimum Gasteiger partial charge on any atom is -0.383 e. The summed E-state index contributed by atoms with van der Waals surface area (Å²) in [6.07, 6.45) is 2.36. The molecular weight excluding hydrogens is 270 g/mol. The number of hydrogen-bond acceptors (Lipinski definition) is 5. The van der Waals surface area contributed by atoms with Crippen LogP contribution in [0.5, 0.6) is 0 Å². The lowest BCUT2D eigenvalue weighted by Gasteiger charge is -2.35. The smallest absolute Gasteiger partial charge is 0.248 e. The van der Waals surface area contributed by atoms with Crippen LogP contribution in [0, 0.1) is 5.92 Å². The molecule has 0 aliphatic carbocycles. The molecule has 0 radical (unpaired) electrons. The molecule has 1 aromatic heterocycles. The summed E-state index contributed by atoms with van der Waals surface area (Å²) in [5.74, 6) is -0.945. The van der Waals surface area contributed by atoms with E-state index in [0.29, 0.717) is 12.8 Å². The number of carbonyl (C=O) groups excluding carboxylic acids is 1. The second-order valence-corrected chi connectivity index (χ2v) is 6.61. The molecule has 8 nitrogen and oxygen atoms in total. The maximum atomic E-state index is 12.5. The third kappa shape index (κ3) is 2.43. The first kappa shape index (κ1) is 13.8. The maximum Gasteiger partial charge on any atom is 0.248 e. The molecule has 19 heavy (non-hydrogen) atoms. The van der Waals surface area contributed by atoms with Crippen LogP contribution in [0.25, 0.3) is 0 Å². The highest BCUT2D eigenvalue weighted by atomic mass is 32.2. The fourth-order valence-corrected chi connectivity index (χ4v) is 3.98. The number of rotatable bonds is 3. The molecule has 2 heterocycles. The Morgan fingerprint density at radius 1 is 1.53 bits per heavy atom. The van der Waals surface area contributed by atoms with Crippen LogP contribution in [0.1, 0.15) is 19.8 Å². The predicted octanol–water partition coefficient (Wildman–Crippen LogP) is -0.734. The monoisotopic (exact) mass is 287 g/mol. The van der Waals surface area contributed by atoms with Crippen LogP contribution in [-0.4, -0.2) is 41.4 Å². The minimum atomic E-state index is -3.76. The van der Waals surface area contributed by atoms with Crippen molar-refractivity contribution in [3.63, 3.8) is 0 Å². The first-order valence-corrected chi connectivity index (χ1v) is 7.38. The van der Waals surface area contributed by atoms with E-state index in [4.69, 9.17) is 11.5 Å². The molecule has 9 heteroatoms. The number of nitrogens with one attached hydrogen (secondary N) is 1. The van der Waals surface area contributed by atoms with Gasteiger partial charge in [0.1, 0.15) is 10.7 Å². The molecule has 1 aromatic rings. The van der Waals surface area contributed by atoms with Crippen LogP contribution in [0.3, 0.4) is 0 Å². The quantitative estimate of drug-likeness (QED) is 0.673. The number of nitrogen functional groups attached to an aromatic ring is 1. The van der Waals surface area contributed by atoms with Gasteiger partial charge in [-0.25, -0.2) is 8.42 Å². The topological polar surface area (TPSA) is 135 Å². The average Bonchev–Trinajstić information content (AvgIpc) is 2.76.